The molecule has 1 aromatic heterocycles. The van der Waals surface area contributed by atoms with E-state index in [1.165, 1.54) is 5.56 Å². The Balaban J connectivity index is 0.00000264. The molecular formula is C16H22BrIN4O. The average Bonchev–Trinajstić information content (AvgIpc) is 2.82. The Morgan fingerprint density at radius 3 is 2.61 bits per heavy atom. The lowest BCUT2D eigenvalue weighted by molar-refractivity contribution is 0.392. The van der Waals surface area contributed by atoms with E-state index in [0.29, 0.717) is 6.54 Å². The van der Waals surface area contributed by atoms with E-state index in [2.05, 4.69) is 42.4 Å². The van der Waals surface area contributed by atoms with Crippen molar-refractivity contribution in [3.8, 4) is 0 Å². The summed E-state index contributed by atoms with van der Waals surface area (Å²) in [6.45, 7) is 5.28. The molecule has 0 atom stereocenters. The topological polar surface area (TPSA) is 53.7 Å². The van der Waals surface area contributed by atoms with Crippen LogP contribution in [0.2, 0.25) is 0 Å². The van der Waals surface area contributed by atoms with Gasteiger partial charge in [-0.15, -0.1) is 24.0 Å². The van der Waals surface area contributed by atoms with Gasteiger partial charge < -0.3 is 14.7 Å². The van der Waals surface area contributed by atoms with Crippen molar-refractivity contribution in [2.24, 2.45) is 4.99 Å². The van der Waals surface area contributed by atoms with Crippen LogP contribution in [0, 0.1) is 13.8 Å². The molecule has 1 aromatic carbocycles. The van der Waals surface area contributed by atoms with Gasteiger partial charge in [-0.1, -0.05) is 39.3 Å². The van der Waals surface area contributed by atoms with Crippen molar-refractivity contribution in [3.63, 3.8) is 0 Å². The molecule has 0 radical (unpaired) electrons. The van der Waals surface area contributed by atoms with Crippen LogP contribution in [0.4, 0.5) is 0 Å². The number of aliphatic imine (C=N–C) groups is 1. The maximum absolute atomic E-state index is 5.18. The fraction of sp³-hybridized carbons (Fsp3) is 0.375. The van der Waals surface area contributed by atoms with Gasteiger partial charge in [0, 0.05) is 37.2 Å². The molecule has 0 aliphatic heterocycles. The van der Waals surface area contributed by atoms with Gasteiger partial charge in [-0.25, -0.2) is 0 Å². The van der Waals surface area contributed by atoms with Crippen molar-refractivity contribution >= 4 is 45.9 Å². The Hall–Kier alpha value is -1.09. The first-order chi connectivity index (χ1) is 10.5. The van der Waals surface area contributed by atoms with Crippen LogP contribution in [0.1, 0.15) is 22.6 Å². The first-order valence-corrected chi connectivity index (χ1v) is 7.89. The zero-order chi connectivity index (χ0) is 16.1. The smallest absolute Gasteiger partial charge is 0.193 e. The van der Waals surface area contributed by atoms with Crippen LogP contribution in [0.5, 0.6) is 0 Å². The molecule has 0 spiro atoms. The van der Waals surface area contributed by atoms with Crippen LogP contribution in [-0.4, -0.2) is 30.1 Å². The normalized spacial score (nSPS) is 11.1. The second-order valence-corrected chi connectivity index (χ2v) is 6.01. The van der Waals surface area contributed by atoms with Gasteiger partial charge in [0.25, 0.3) is 0 Å². The first-order valence-electron chi connectivity index (χ1n) is 7.10. The van der Waals surface area contributed by atoms with Gasteiger partial charge in [0.15, 0.2) is 5.96 Å². The van der Waals surface area contributed by atoms with E-state index >= 15 is 0 Å². The molecule has 1 heterocycles. The van der Waals surface area contributed by atoms with Crippen LogP contribution < -0.4 is 5.32 Å². The van der Waals surface area contributed by atoms with Crippen LogP contribution in [0.25, 0.3) is 0 Å². The minimum absolute atomic E-state index is 0. The fourth-order valence-corrected chi connectivity index (χ4v) is 2.67. The Bertz CT molecular complexity index is 652. The second-order valence-electron chi connectivity index (χ2n) is 5.15. The number of hydrogen-bond donors (Lipinski definition) is 1. The van der Waals surface area contributed by atoms with Crippen LogP contribution >= 0.6 is 39.9 Å². The van der Waals surface area contributed by atoms with E-state index in [4.69, 9.17) is 4.52 Å². The van der Waals surface area contributed by atoms with E-state index in [-0.39, 0.29) is 24.0 Å². The largest absolute Gasteiger partial charge is 0.361 e. The molecule has 5 nitrogen and oxygen atoms in total. The molecule has 7 heteroatoms. The van der Waals surface area contributed by atoms with Gasteiger partial charge >= 0.3 is 0 Å². The molecule has 23 heavy (non-hydrogen) atoms. The summed E-state index contributed by atoms with van der Waals surface area (Å²) in [4.78, 5) is 6.42. The monoisotopic (exact) mass is 492 g/mol. The number of aromatic nitrogens is 1. The van der Waals surface area contributed by atoms with Crippen LogP contribution in [0.3, 0.4) is 0 Å². The van der Waals surface area contributed by atoms with E-state index in [0.717, 1.165) is 34.0 Å². The summed E-state index contributed by atoms with van der Waals surface area (Å²) in [6, 6.07) is 8.19. The number of guanidine groups is 1. The van der Waals surface area contributed by atoms with Crippen LogP contribution in [-0.2, 0) is 13.1 Å². The van der Waals surface area contributed by atoms with Gasteiger partial charge in [0.2, 0.25) is 0 Å². The second kappa shape index (κ2) is 9.27. The highest BCUT2D eigenvalue weighted by Crippen LogP contribution is 2.17. The average molecular weight is 493 g/mol. The molecule has 2 rings (SSSR count). The van der Waals surface area contributed by atoms with Gasteiger partial charge in [-0.05, 0) is 25.5 Å². The summed E-state index contributed by atoms with van der Waals surface area (Å²) in [5, 5.41) is 7.32. The Morgan fingerprint density at radius 2 is 2.04 bits per heavy atom. The van der Waals surface area contributed by atoms with Gasteiger partial charge in [0.1, 0.15) is 5.76 Å². The molecule has 1 N–H and O–H groups in total. The van der Waals surface area contributed by atoms with E-state index in [1.807, 2.05) is 39.1 Å². The molecule has 0 fully saturated rings. The van der Waals surface area contributed by atoms with Crippen molar-refractivity contribution in [2.75, 3.05) is 14.1 Å². The molecule has 0 amide bonds. The summed E-state index contributed by atoms with van der Waals surface area (Å²) in [5.41, 5.74) is 3.20. The molecule has 0 unspecified atom stereocenters. The van der Waals surface area contributed by atoms with E-state index in [9.17, 15) is 0 Å². The standard InChI is InChI=1S/C16H21BrN4O.HI/c1-11-14(12(2)22-20-11)9-19-16(18-3)21(4)10-13-7-5-6-8-15(13)17;/h5-8H,9-10H2,1-4H3,(H,18,19);1H. The molecule has 126 valence electrons. The molecule has 0 saturated carbocycles. The van der Waals surface area contributed by atoms with Crippen molar-refractivity contribution in [2.45, 2.75) is 26.9 Å². The van der Waals surface area contributed by atoms with Crippen molar-refractivity contribution in [1.29, 1.82) is 0 Å². The predicted octanol–water partition coefficient (Wildman–Crippen LogP) is 3.88. The Labute approximate surface area is 162 Å². The van der Waals surface area contributed by atoms with Gasteiger partial charge in [0.05, 0.1) is 5.69 Å². The van der Waals surface area contributed by atoms with Gasteiger partial charge in [-0.2, -0.15) is 0 Å². The first kappa shape index (κ1) is 20.0. The number of benzene rings is 1. The number of nitrogens with one attached hydrogen (secondary N) is 1. The molecular weight excluding hydrogens is 471 g/mol. The molecule has 0 bridgehead atoms. The predicted molar refractivity (Wildman–Crippen MR) is 107 cm³/mol. The van der Waals surface area contributed by atoms with Crippen molar-refractivity contribution in [3.05, 3.63) is 51.3 Å². The zero-order valence-electron chi connectivity index (χ0n) is 13.8. The maximum atomic E-state index is 5.18. The third-order valence-electron chi connectivity index (χ3n) is 3.54. The summed E-state index contributed by atoms with van der Waals surface area (Å²) in [7, 11) is 3.80. The lowest BCUT2D eigenvalue weighted by atomic mass is 10.2. The minimum atomic E-state index is 0. The van der Waals surface area contributed by atoms with E-state index in [1.54, 1.807) is 7.05 Å². The maximum Gasteiger partial charge on any atom is 0.193 e. The number of hydrogen-bond acceptors (Lipinski definition) is 3. The zero-order valence-corrected chi connectivity index (χ0v) is 17.7. The molecule has 2 aromatic rings. The highest BCUT2D eigenvalue weighted by Gasteiger charge is 2.12. The van der Waals surface area contributed by atoms with E-state index < -0.39 is 0 Å². The highest BCUT2D eigenvalue weighted by molar-refractivity contribution is 14.0. The minimum Gasteiger partial charge on any atom is -0.361 e. The third kappa shape index (κ3) is 5.20. The van der Waals surface area contributed by atoms with Gasteiger partial charge in [-0.3, -0.25) is 4.99 Å². The SMILES string of the molecule is CN=C(NCc1c(C)noc1C)N(C)Cc1ccccc1Br.I. The summed E-state index contributed by atoms with van der Waals surface area (Å²) >= 11 is 3.58. The summed E-state index contributed by atoms with van der Waals surface area (Å²) in [6.07, 6.45) is 0. The lowest BCUT2D eigenvalue weighted by Gasteiger charge is -2.22. The van der Waals surface area contributed by atoms with Crippen molar-refractivity contribution < 1.29 is 4.52 Å². The number of aryl methyl sites for hydroxylation is 2. The summed E-state index contributed by atoms with van der Waals surface area (Å²) < 4.78 is 6.28. The number of halogens is 2. The van der Waals surface area contributed by atoms with Crippen LogP contribution in [0.15, 0.2) is 38.3 Å². The summed E-state index contributed by atoms with van der Waals surface area (Å²) in [5.74, 6) is 1.67. The highest BCUT2D eigenvalue weighted by atomic mass is 127. The van der Waals surface area contributed by atoms with Crippen molar-refractivity contribution in [1.82, 2.24) is 15.4 Å². The quantitative estimate of drug-likeness (QED) is 0.400. The number of nitrogens with zero attached hydrogens (tertiary/aromatic N) is 3. The Kier molecular flexibility index (Phi) is 8.04. The molecule has 0 saturated heterocycles. The third-order valence-corrected chi connectivity index (χ3v) is 4.32. The molecule has 0 aliphatic carbocycles. The lowest BCUT2D eigenvalue weighted by Crippen LogP contribution is -2.38. The Morgan fingerprint density at radius 1 is 1.35 bits per heavy atom. The molecule has 0 aliphatic rings. The number of rotatable bonds is 4. The fourth-order valence-electron chi connectivity index (χ4n) is 2.26.